The zero-order valence-electron chi connectivity index (χ0n) is 19.5. The number of aromatic nitrogens is 2. The SMILES string of the molecule is Cc1cccc2c(=O)n(CCC(=O)Nc3ccc(CCN4CCC(C(N)=O)CC4)cc3)cnc12. The lowest BCUT2D eigenvalue weighted by Gasteiger charge is -2.30. The number of primary amides is 1. The second-order valence-electron chi connectivity index (χ2n) is 8.98. The number of likely N-dealkylation sites (tertiary alicyclic amines) is 1. The van der Waals surface area contributed by atoms with Gasteiger partial charge >= 0.3 is 0 Å². The number of hydrogen-bond acceptors (Lipinski definition) is 5. The summed E-state index contributed by atoms with van der Waals surface area (Å²) in [7, 11) is 0. The van der Waals surface area contributed by atoms with E-state index in [1.54, 1.807) is 6.07 Å². The highest BCUT2D eigenvalue weighted by molar-refractivity contribution is 5.90. The van der Waals surface area contributed by atoms with Gasteiger partial charge in [-0.25, -0.2) is 4.98 Å². The Bertz CT molecular complexity index is 1230. The average molecular weight is 462 g/mol. The minimum Gasteiger partial charge on any atom is -0.369 e. The number of carbonyl (C=O) groups excluding carboxylic acids is 2. The Morgan fingerprint density at radius 2 is 1.82 bits per heavy atom. The molecule has 0 bridgehead atoms. The van der Waals surface area contributed by atoms with Crippen molar-refractivity contribution in [3.8, 4) is 0 Å². The molecule has 8 heteroatoms. The maximum Gasteiger partial charge on any atom is 0.261 e. The molecule has 0 spiro atoms. The number of carbonyl (C=O) groups is 2. The second-order valence-corrected chi connectivity index (χ2v) is 8.98. The van der Waals surface area contributed by atoms with Crippen LogP contribution < -0.4 is 16.6 Å². The Hall–Kier alpha value is -3.52. The van der Waals surface area contributed by atoms with Crippen molar-refractivity contribution < 1.29 is 9.59 Å². The number of para-hydroxylation sites is 1. The van der Waals surface area contributed by atoms with Crippen LogP contribution in [0.1, 0.15) is 30.4 Å². The summed E-state index contributed by atoms with van der Waals surface area (Å²) in [6.45, 7) is 4.93. The normalized spacial score (nSPS) is 14.9. The van der Waals surface area contributed by atoms with Crippen molar-refractivity contribution >= 4 is 28.4 Å². The second kappa shape index (κ2) is 10.6. The molecule has 2 heterocycles. The van der Waals surface area contributed by atoms with Crippen molar-refractivity contribution in [2.45, 2.75) is 39.2 Å². The number of fused-ring (bicyclic) bond motifs is 1. The minimum absolute atomic E-state index is 0.0134. The van der Waals surface area contributed by atoms with Crippen molar-refractivity contribution in [3.05, 3.63) is 70.3 Å². The van der Waals surface area contributed by atoms with Gasteiger partial charge in [0.2, 0.25) is 11.8 Å². The first kappa shape index (κ1) is 23.6. The molecule has 4 rings (SSSR count). The zero-order chi connectivity index (χ0) is 24.1. The third-order valence-electron chi connectivity index (χ3n) is 6.58. The van der Waals surface area contributed by atoms with Gasteiger partial charge in [0.15, 0.2) is 0 Å². The topological polar surface area (TPSA) is 110 Å². The molecule has 1 aliphatic heterocycles. The molecular weight excluding hydrogens is 430 g/mol. The Morgan fingerprint density at radius 1 is 1.09 bits per heavy atom. The fourth-order valence-electron chi connectivity index (χ4n) is 4.43. The monoisotopic (exact) mass is 461 g/mol. The molecule has 0 radical (unpaired) electrons. The molecule has 0 unspecified atom stereocenters. The van der Waals surface area contributed by atoms with Crippen molar-refractivity contribution in [2.24, 2.45) is 11.7 Å². The molecule has 3 aromatic rings. The fraction of sp³-hybridized carbons (Fsp3) is 0.385. The third kappa shape index (κ3) is 5.69. The summed E-state index contributed by atoms with van der Waals surface area (Å²) in [4.78, 5) is 43.1. The van der Waals surface area contributed by atoms with Gasteiger partial charge in [0.25, 0.3) is 5.56 Å². The molecule has 1 saturated heterocycles. The predicted octanol–water partition coefficient (Wildman–Crippen LogP) is 2.47. The van der Waals surface area contributed by atoms with Crippen LogP contribution in [-0.4, -0.2) is 45.9 Å². The molecule has 178 valence electrons. The lowest BCUT2D eigenvalue weighted by molar-refractivity contribution is -0.123. The molecule has 0 saturated carbocycles. The van der Waals surface area contributed by atoms with Gasteiger partial charge in [-0.1, -0.05) is 24.3 Å². The summed E-state index contributed by atoms with van der Waals surface area (Å²) >= 11 is 0. The van der Waals surface area contributed by atoms with Crippen LogP contribution in [0.4, 0.5) is 5.69 Å². The van der Waals surface area contributed by atoms with Crippen LogP contribution in [0, 0.1) is 12.8 Å². The van der Waals surface area contributed by atoms with Gasteiger partial charge in [0.1, 0.15) is 0 Å². The Kier molecular flexibility index (Phi) is 7.37. The molecule has 1 fully saturated rings. The Labute approximate surface area is 198 Å². The van der Waals surface area contributed by atoms with Crippen LogP contribution in [0.2, 0.25) is 0 Å². The molecular formula is C26H31N5O3. The number of piperidine rings is 1. The molecule has 0 aliphatic carbocycles. The molecule has 1 aliphatic rings. The summed E-state index contributed by atoms with van der Waals surface area (Å²) in [5.74, 6) is -0.325. The van der Waals surface area contributed by atoms with Gasteiger partial charge in [-0.15, -0.1) is 0 Å². The molecule has 3 N–H and O–H groups in total. The van der Waals surface area contributed by atoms with Crippen molar-refractivity contribution in [1.82, 2.24) is 14.5 Å². The van der Waals surface area contributed by atoms with E-state index in [9.17, 15) is 14.4 Å². The molecule has 2 aromatic carbocycles. The first-order valence-electron chi connectivity index (χ1n) is 11.8. The first-order chi connectivity index (χ1) is 16.4. The number of anilines is 1. The van der Waals surface area contributed by atoms with E-state index >= 15 is 0 Å². The van der Waals surface area contributed by atoms with Crippen molar-refractivity contribution in [3.63, 3.8) is 0 Å². The first-order valence-corrected chi connectivity index (χ1v) is 11.8. The third-order valence-corrected chi connectivity index (χ3v) is 6.58. The van der Waals surface area contributed by atoms with Crippen LogP contribution in [0.15, 0.2) is 53.6 Å². The van der Waals surface area contributed by atoms with E-state index in [2.05, 4.69) is 15.2 Å². The lowest BCUT2D eigenvalue weighted by atomic mass is 9.96. The van der Waals surface area contributed by atoms with Gasteiger partial charge in [0, 0.05) is 31.1 Å². The summed E-state index contributed by atoms with van der Waals surface area (Å²) in [5, 5.41) is 3.46. The van der Waals surface area contributed by atoms with E-state index in [1.165, 1.54) is 16.5 Å². The van der Waals surface area contributed by atoms with E-state index < -0.39 is 0 Å². The maximum absolute atomic E-state index is 12.7. The minimum atomic E-state index is -0.187. The lowest BCUT2D eigenvalue weighted by Crippen LogP contribution is -2.39. The number of hydrogen-bond donors (Lipinski definition) is 2. The maximum atomic E-state index is 12.7. The summed E-state index contributed by atoms with van der Waals surface area (Å²) in [5.41, 5.74) is 8.84. The largest absolute Gasteiger partial charge is 0.369 e. The van der Waals surface area contributed by atoms with Crippen molar-refractivity contribution in [2.75, 3.05) is 25.0 Å². The number of aryl methyl sites for hydroxylation is 2. The highest BCUT2D eigenvalue weighted by Gasteiger charge is 2.22. The van der Waals surface area contributed by atoms with E-state index in [0.717, 1.165) is 50.1 Å². The van der Waals surface area contributed by atoms with Gasteiger partial charge in [-0.2, -0.15) is 0 Å². The van der Waals surface area contributed by atoms with Crippen LogP contribution >= 0.6 is 0 Å². The number of nitrogens with zero attached hydrogens (tertiary/aromatic N) is 3. The van der Waals surface area contributed by atoms with E-state index in [-0.39, 0.29) is 36.3 Å². The van der Waals surface area contributed by atoms with Crippen LogP contribution in [0.25, 0.3) is 10.9 Å². The number of nitrogens with one attached hydrogen (secondary N) is 1. The Morgan fingerprint density at radius 3 is 2.53 bits per heavy atom. The van der Waals surface area contributed by atoms with Crippen LogP contribution in [0.5, 0.6) is 0 Å². The van der Waals surface area contributed by atoms with Gasteiger partial charge in [0.05, 0.1) is 17.2 Å². The molecule has 0 atom stereocenters. The standard InChI is InChI=1S/C26H31N5O3/c1-18-3-2-4-22-24(18)28-17-31(26(22)34)16-12-23(32)29-21-7-5-19(6-8-21)9-13-30-14-10-20(11-15-30)25(27)33/h2-8,17,20H,9-16H2,1H3,(H2,27,33)(H,29,32). The predicted molar refractivity (Wildman–Crippen MR) is 132 cm³/mol. The number of benzene rings is 2. The number of rotatable bonds is 8. The van der Waals surface area contributed by atoms with Crippen LogP contribution in [0.3, 0.4) is 0 Å². The van der Waals surface area contributed by atoms with Gasteiger partial charge < -0.3 is 16.0 Å². The highest BCUT2D eigenvalue weighted by Crippen LogP contribution is 2.18. The Balaban J connectivity index is 1.25. The fourth-order valence-corrected chi connectivity index (χ4v) is 4.43. The number of amides is 2. The summed E-state index contributed by atoms with van der Waals surface area (Å²) < 4.78 is 1.48. The van der Waals surface area contributed by atoms with Crippen molar-refractivity contribution in [1.29, 1.82) is 0 Å². The van der Waals surface area contributed by atoms with E-state index in [1.807, 2.05) is 43.3 Å². The summed E-state index contributed by atoms with van der Waals surface area (Å²) in [6.07, 6.45) is 4.27. The number of nitrogens with two attached hydrogens (primary N) is 1. The average Bonchev–Trinajstić information content (AvgIpc) is 2.84. The van der Waals surface area contributed by atoms with E-state index in [0.29, 0.717) is 10.9 Å². The summed E-state index contributed by atoms with van der Waals surface area (Å²) in [6, 6.07) is 13.4. The quantitative estimate of drug-likeness (QED) is 0.536. The molecule has 2 amide bonds. The van der Waals surface area contributed by atoms with Crippen LogP contribution in [-0.2, 0) is 22.6 Å². The molecule has 8 nitrogen and oxygen atoms in total. The van der Waals surface area contributed by atoms with E-state index in [4.69, 9.17) is 5.73 Å². The van der Waals surface area contributed by atoms with Gasteiger partial charge in [-0.05, 0) is 68.6 Å². The zero-order valence-corrected chi connectivity index (χ0v) is 19.5. The molecule has 1 aromatic heterocycles. The highest BCUT2D eigenvalue weighted by atomic mass is 16.2. The molecule has 34 heavy (non-hydrogen) atoms. The van der Waals surface area contributed by atoms with Gasteiger partial charge in [-0.3, -0.25) is 19.0 Å². The smallest absolute Gasteiger partial charge is 0.261 e.